The second-order valence-electron chi connectivity index (χ2n) is 11.7. The van der Waals surface area contributed by atoms with Crippen molar-refractivity contribution in [1.29, 1.82) is 0 Å². The summed E-state index contributed by atoms with van der Waals surface area (Å²) >= 11 is 0. The zero-order valence-electron chi connectivity index (χ0n) is 24.0. The van der Waals surface area contributed by atoms with E-state index in [9.17, 15) is 14.4 Å². The van der Waals surface area contributed by atoms with Crippen molar-refractivity contribution in [3.05, 3.63) is 95.2 Å². The van der Waals surface area contributed by atoms with Gasteiger partial charge < -0.3 is 25.3 Å². The van der Waals surface area contributed by atoms with Gasteiger partial charge in [-0.05, 0) is 60.1 Å². The van der Waals surface area contributed by atoms with E-state index in [2.05, 4.69) is 26.9 Å². The number of rotatable bonds is 4. The van der Waals surface area contributed by atoms with Gasteiger partial charge in [-0.15, -0.1) is 0 Å². The molecule has 3 N–H and O–H groups in total. The summed E-state index contributed by atoms with van der Waals surface area (Å²) in [6.07, 6.45) is 4.40. The largest absolute Gasteiger partial charge is 0.332 e. The number of fused-ring (bicyclic) bond motifs is 4. The van der Waals surface area contributed by atoms with Crippen LogP contribution in [-0.4, -0.2) is 68.0 Å². The highest BCUT2D eigenvalue weighted by Gasteiger charge is 2.35. The van der Waals surface area contributed by atoms with Crippen LogP contribution >= 0.6 is 0 Å². The molecule has 10 heteroatoms. The number of piperidine rings is 1. The SMILES string of the molecule is O=C(N[C@@H]1CCc2ccc3[nH]ncc3c2CN(Cc2ccccc2)C1=O)N1CCC(N2Cc3ccccc3NC2=O)CC1. The van der Waals surface area contributed by atoms with E-state index in [0.717, 1.165) is 33.3 Å². The van der Waals surface area contributed by atoms with Gasteiger partial charge in [0.25, 0.3) is 0 Å². The summed E-state index contributed by atoms with van der Waals surface area (Å²) < 4.78 is 0. The van der Waals surface area contributed by atoms with E-state index >= 15 is 0 Å². The lowest BCUT2D eigenvalue weighted by atomic mass is 9.94. The van der Waals surface area contributed by atoms with Crippen molar-refractivity contribution < 1.29 is 14.4 Å². The van der Waals surface area contributed by atoms with E-state index in [1.807, 2.05) is 76.7 Å². The van der Waals surface area contributed by atoms with Crippen LogP contribution in [0.3, 0.4) is 0 Å². The minimum atomic E-state index is -0.633. The van der Waals surface area contributed by atoms with Gasteiger partial charge in [0.05, 0.1) is 11.7 Å². The third-order valence-corrected chi connectivity index (χ3v) is 9.06. The molecule has 4 aromatic rings. The lowest BCUT2D eigenvalue weighted by molar-refractivity contribution is -0.134. The van der Waals surface area contributed by atoms with Gasteiger partial charge in [-0.2, -0.15) is 5.10 Å². The quantitative estimate of drug-likeness (QED) is 0.328. The number of hydrogen-bond donors (Lipinski definition) is 3. The predicted octanol–water partition coefficient (Wildman–Crippen LogP) is 4.63. The number of carbonyl (C=O) groups excluding carboxylic acids is 3. The van der Waals surface area contributed by atoms with Gasteiger partial charge in [-0.1, -0.05) is 54.6 Å². The van der Waals surface area contributed by atoms with E-state index in [1.54, 1.807) is 4.90 Å². The number of nitrogens with zero attached hydrogens (tertiary/aromatic N) is 4. The minimum Gasteiger partial charge on any atom is -0.332 e. The molecule has 4 heterocycles. The van der Waals surface area contributed by atoms with Gasteiger partial charge in [0.2, 0.25) is 5.91 Å². The first-order valence-electron chi connectivity index (χ1n) is 15.0. The van der Waals surface area contributed by atoms with Gasteiger partial charge in [-0.3, -0.25) is 9.89 Å². The van der Waals surface area contributed by atoms with Crippen LogP contribution in [0.4, 0.5) is 15.3 Å². The van der Waals surface area contributed by atoms with Crippen molar-refractivity contribution in [1.82, 2.24) is 30.2 Å². The maximum Gasteiger partial charge on any atom is 0.322 e. The van der Waals surface area contributed by atoms with Crippen LogP contribution in [-0.2, 0) is 30.8 Å². The zero-order valence-corrected chi connectivity index (χ0v) is 24.0. The van der Waals surface area contributed by atoms with Gasteiger partial charge in [-0.25, -0.2) is 9.59 Å². The maximum absolute atomic E-state index is 14.0. The van der Waals surface area contributed by atoms with Crippen molar-refractivity contribution >= 4 is 34.6 Å². The molecule has 1 atom stereocenters. The molecule has 3 aliphatic rings. The second kappa shape index (κ2) is 11.4. The Bertz CT molecular complexity index is 1660. The van der Waals surface area contributed by atoms with Gasteiger partial charge in [0.15, 0.2) is 0 Å². The van der Waals surface area contributed by atoms with Crippen LogP contribution in [0.15, 0.2) is 72.9 Å². The Labute approximate surface area is 250 Å². The van der Waals surface area contributed by atoms with Crippen LogP contribution in [0.2, 0.25) is 0 Å². The number of carbonyl (C=O) groups is 3. The Morgan fingerprint density at radius 1 is 0.907 bits per heavy atom. The molecule has 1 saturated heterocycles. The highest BCUT2D eigenvalue weighted by atomic mass is 16.2. The summed E-state index contributed by atoms with van der Waals surface area (Å²) in [6, 6.07) is 21.0. The van der Waals surface area contributed by atoms with E-state index in [4.69, 9.17) is 0 Å². The van der Waals surface area contributed by atoms with E-state index in [-0.39, 0.29) is 24.0 Å². The highest BCUT2D eigenvalue weighted by Crippen LogP contribution is 2.29. The molecule has 0 aliphatic carbocycles. The number of para-hydroxylation sites is 1. The lowest BCUT2D eigenvalue weighted by Gasteiger charge is -2.41. The number of hydrogen-bond acceptors (Lipinski definition) is 4. The summed E-state index contributed by atoms with van der Waals surface area (Å²) in [5.41, 5.74) is 6.22. The number of aromatic amines is 1. The molecule has 1 aromatic heterocycles. The summed E-state index contributed by atoms with van der Waals surface area (Å²) in [6.45, 7) is 2.51. The Balaban J connectivity index is 1.04. The molecule has 0 saturated carbocycles. The molecule has 1 fully saturated rings. The predicted molar refractivity (Wildman–Crippen MR) is 163 cm³/mol. The molecular formula is C33H35N7O3. The van der Waals surface area contributed by atoms with Crippen molar-refractivity contribution in [3.8, 4) is 0 Å². The monoisotopic (exact) mass is 577 g/mol. The van der Waals surface area contributed by atoms with Gasteiger partial charge in [0.1, 0.15) is 6.04 Å². The molecule has 220 valence electrons. The van der Waals surface area contributed by atoms with Crippen molar-refractivity contribution in [2.75, 3.05) is 18.4 Å². The van der Waals surface area contributed by atoms with Crippen LogP contribution in [0.5, 0.6) is 0 Å². The number of benzene rings is 3. The number of nitrogens with one attached hydrogen (secondary N) is 3. The average molecular weight is 578 g/mol. The normalized spacial score (nSPS) is 19.3. The first-order chi connectivity index (χ1) is 21.0. The number of aromatic nitrogens is 2. The summed E-state index contributed by atoms with van der Waals surface area (Å²) in [4.78, 5) is 45.9. The molecule has 43 heavy (non-hydrogen) atoms. The van der Waals surface area contributed by atoms with Crippen molar-refractivity contribution in [2.45, 2.75) is 57.4 Å². The molecule has 0 unspecified atom stereocenters. The molecule has 5 amide bonds. The Morgan fingerprint density at radius 3 is 2.53 bits per heavy atom. The number of aryl methyl sites for hydroxylation is 1. The minimum absolute atomic E-state index is 0.0538. The maximum atomic E-state index is 14.0. The number of urea groups is 2. The molecule has 0 spiro atoms. The molecular weight excluding hydrogens is 542 g/mol. The zero-order chi connectivity index (χ0) is 29.3. The van der Waals surface area contributed by atoms with Crippen LogP contribution < -0.4 is 10.6 Å². The lowest BCUT2D eigenvalue weighted by Crippen LogP contribution is -2.56. The third-order valence-electron chi connectivity index (χ3n) is 9.06. The topological polar surface area (TPSA) is 114 Å². The van der Waals surface area contributed by atoms with Crippen molar-refractivity contribution in [3.63, 3.8) is 0 Å². The first-order valence-corrected chi connectivity index (χ1v) is 15.0. The summed E-state index contributed by atoms with van der Waals surface area (Å²) in [5.74, 6) is -0.0816. The van der Waals surface area contributed by atoms with E-state index in [1.165, 1.54) is 5.56 Å². The van der Waals surface area contributed by atoms with Crippen LogP contribution in [0.25, 0.3) is 10.9 Å². The van der Waals surface area contributed by atoms with Crippen molar-refractivity contribution in [2.24, 2.45) is 0 Å². The van der Waals surface area contributed by atoms with Crippen LogP contribution in [0.1, 0.15) is 41.5 Å². The highest BCUT2D eigenvalue weighted by molar-refractivity contribution is 5.92. The number of likely N-dealkylation sites (tertiary alicyclic amines) is 1. The summed E-state index contributed by atoms with van der Waals surface area (Å²) in [5, 5.41) is 14.4. The first kappa shape index (κ1) is 27.0. The Kier molecular flexibility index (Phi) is 7.18. The molecule has 10 nitrogen and oxygen atoms in total. The molecule has 3 aromatic carbocycles. The standard InChI is InChI=1S/C33H35N7O3/c41-31-30(36-32(42)38-16-14-25(15-17-38)40-20-24-8-4-5-9-28(24)35-33(40)43)13-11-23-10-12-29-26(18-34-37-29)27(23)21-39(31)19-22-6-2-1-3-7-22/h1-10,12,18,25,30H,11,13-17,19-21H2,(H,34,37)(H,35,43)(H,36,42)/t30-/m1/s1. The fourth-order valence-corrected chi connectivity index (χ4v) is 6.66. The fraction of sp³-hybridized carbons (Fsp3) is 0.333. The Morgan fingerprint density at radius 2 is 1.70 bits per heavy atom. The smallest absolute Gasteiger partial charge is 0.322 e. The van der Waals surface area contributed by atoms with E-state index < -0.39 is 6.04 Å². The molecule has 0 radical (unpaired) electrons. The fourth-order valence-electron chi connectivity index (χ4n) is 6.66. The second-order valence-corrected chi connectivity index (χ2v) is 11.7. The third kappa shape index (κ3) is 5.40. The number of anilines is 1. The summed E-state index contributed by atoms with van der Waals surface area (Å²) in [7, 11) is 0. The number of amides is 5. The molecule has 0 bridgehead atoms. The Hall–Kier alpha value is -4.86. The van der Waals surface area contributed by atoms with E-state index in [0.29, 0.717) is 58.4 Å². The molecule has 3 aliphatic heterocycles. The number of H-pyrrole nitrogens is 1. The molecule has 7 rings (SSSR count). The van der Waals surface area contributed by atoms with Crippen LogP contribution in [0, 0.1) is 0 Å². The van der Waals surface area contributed by atoms with Gasteiger partial charge in [0, 0.05) is 49.8 Å². The van der Waals surface area contributed by atoms with Gasteiger partial charge >= 0.3 is 12.1 Å². The average Bonchev–Trinajstić information content (AvgIpc) is 3.52.